The Morgan fingerprint density at radius 2 is 2.11 bits per heavy atom. The van der Waals surface area contributed by atoms with Crippen LogP contribution < -0.4 is 0 Å². The summed E-state index contributed by atoms with van der Waals surface area (Å²) in [7, 11) is 0. The molecule has 1 aliphatic rings. The maximum atomic E-state index is 10.9. The third-order valence-electron chi connectivity index (χ3n) is 3.53. The number of aromatic nitrogens is 2. The monoisotopic (exact) mass is 264 g/mol. The molecule has 104 valence electrons. The van der Waals surface area contributed by atoms with Gasteiger partial charge in [-0.25, -0.2) is 9.97 Å². The summed E-state index contributed by atoms with van der Waals surface area (Å²) in [5.41, 5.74) is 1.02. The lowest BCUT2D eigenvalue weighted by atomic mass is 10.2. The molecule has 1 aromatic rings. The lowest BCUT2D eigenvalue weighted by molar-refractivity contribution is -0.143. The second-order valence-corrected chi connectivity index (χ2v) is 4.92. The summed E-state index contributed by atoms with van der Waals surface area (Å²) < 4.78 is 0. The molecule has 1 atom stereocenters. The summed E-state index contributed by atoms with van der Waals surface area (Å²) in [6.45, 7) is 7.76. The average Bonchev–Trinajstić information content (AvgIpc) is 2.39. The standard InChI is InChI=1S/C13H20N4O2/c1-10(13(18)19)17-7-5-16(6-8-17)9-12-3-4-14-11(2)15-12/h3-4,10H,5-9H2,1-2H3,(H,18,19). The van der Waals surface area contributed by atoms with Crippen LogP contribution in [0.15, 0.2) is 12.3 Å². The van der Waals surface area contributed by atoms with Crippen molar-refractivity contribution in [2.45, 2.75) is 26.4 Å². The Labute approximate surface area is 113 Å². The van der Waals surface area contributed by atoms with Crippen LogP contribution in [0.25, 0.3) is 0 Å². The summed E-state index contributed by atoms with van der Waals surface area (Å²) in [5.74, 6) is 0.0375. The van der Waals surface area contributed by atoms with Gasteiger partial charge in [0, 0.05) is 38.9 Å². The van der Waals surface area contributed by atoms with E-state index >= 15 is 0 Å². The molecule has 1 N–H and O–H groups in total. The molecule has 2 rings (SSSR count). The predicted molar refractivity (Wildman–Crippen MR) is 70.7 cm³/mol. The fraction of sp³-hybridized carbons (Fsp3) is 0.615. The molecule has 0 aliphatic carbocycles. The number of carboxylic acids is 1. The fourth-order valence-corrected chi connectivity index (χ4v) is 2.29. The molecule has 19 heavy (non-hydrogen) atoms. The molecule has 1 saturated heterocycles. The third-order valence-corrected chi connectivity index (χ3v) is 3.53. The van der Waals surface area contributed by atoms with Crippen molar-refractivity contribution in [3.8, 4) is 0 Å². The largest absolute Gasteiger partial charge is 0.480 e. The van der Waals surface area contributed by atoms with Crippen molar-refractivity contribution in [3.05, 3.63) is 23.8 Å². The van der Waals surface area contributed by atoms with Gasteiger partial charge in [0.1, 0.15) is 11.9 Å². The van der Waals surface area contributed by atoms with Crippen LogP contribution in [-0.2, 0) is 11.3 Å². The highest BCUT2D eigenvalue weighted by Crippen LogP contribution is 2.09. The van der Waals surface area contributed by atoms with Crippen molar-refractivity contribution in [3.63, 3.8) is 0 Å². The zero-order chi connectivity index (χ0) is 13.8. The van der Waals surface area contributed by atoms with Crippen LogP contribution in [-0.4, -0.2) is 63.1 Å². The molecule has 0 radical (unpaired) electrons. The zero-order valence-electron chi connectivity index (χ0n) is 11.4. The average molecular weight is 264 g/mol. The van der Waals surface area contributed by atoms with Crippen LogP contribution in [0.4, 0.5) is 0 Å². The van der Waals surface area contributed by atoms with E-state index in [1.165, 1.54) is 0 Å². The molecule has 1 aromatic heterocycles. The molecule has 0 aromatic carbocycles. The molecule has 6 nitrogen and oxygen atoms in total. The summed E-state index contributed by atoms with van der Waals surface area (Å²) in [6.07, 6.45) is 1.78. The Balaban J connectivity index is 1.85. The van der Waals surface area contributed by atoms with Gasteiger partial charge >= 0.3 is 5.97 Å². The number of carbonyl (C=O) groups is 1. The fourth-order valence-electron chi connectivity index (χ4n) is 2.29. The van der Waals surface area contributed by atoms with E-state index in [4.69, 9.17) is 5.11 Å². The first-order valence-corrected chi connectivity index (χ1v) is 6.54. The van der Waals surface area contributed by atoms with Gasteiger partial charge < -0.3 is 5.11 Å². The topological polar surface area (TPSA) is 69.6 Å². The minimum Gasteiger partial charge on any atom is -0.480 e. The number of carboxylic acid groups (broad SMARTS) is 1. The lowest BCUT2D eigenvalue weighted by Crippen LogP contribution is -2.51. The van der Waals surface area contributed by atoms with Gasteiger partial charge in [0.25, 0.3) is 0 Å². The molecule has 0 saturated carbocycles. The molecule has 1 aliphatic heterocycles. The zero-order valence-corrected chi connectivity index (χ0v) is 11.4. The highest BCUT2D eigenvalue weighted by molar-refractivity contribution is 5.72. The molecule has 2 heterocycles. The first kappa shape index (κ1) is 13.9. The van der Waals surface area contributed by atoms with E-state index in [0.29, 0.717) is 0 Å². The Hall–Kier alpha value is -1.53. The molecule has 6 heteroatoms. The van der Waals surface area contributed by atoms with Crippen molar-refractivity contribution >= 4 is 5.97 Å². The third kappa shape index (κ3) is 3.71. The van der Waals surface area contributed by atoms with E-state index < -0.39 is 12.0 Å². The second-order valence-electron chi connectivity index (χ2n) is 4.92. The van der Waals surface area contributed by atoms with Crippen molar-refractivity contribution in [2.75, 3.05) is 26.2 Å². The van der Waals surface area contributed by atoms with Crippen LogP contribution in [0.1, 0.15) is 18.4 Å². The van der Waals surface area contributed by atoms with E-state index in [1.54, 1.807) is 13.1 Å². The molecule has 0 spiro atoms. The normalized spacial score (nSPS) is 19.3. The van der Waals surface area contributed by atoms with Gasteiger partial charge in [-0.1, -0.05) is 0 Å². The SMILES string of the molecule is Cc1nccc(CN2CCN(C(C)C(=O)O)CC2)n1. The number of aryl methyl sites for hydroxylation is 1. The molecular formula is C13H20N4O2. The summed E-state index contributed by atoms with van der Waals surface area (Å²) in [4.78, 5) is 23.7. The number of hydrogen-bond donors (Lipinski definition) is 1. The first-order chi connectivity index (χ1) is 9.06. The van der Waals surface area contributed by atoms with Crippen LogP contribution in [0.5, 0.6) is 0 Å². The van der Waals surface area contributed by atoms with Crippen molar-refractivity contribution in [2.24, 2.45) is 0 Å². The maximum Gasteiger partial charge on any atom is 0.320 e. The number of nitrogens with zero attached hydrogens (tertiary/aromatic N) is 4. The van der Waals surface area contributed by atoms with E-state index in [2.05, 4.69) is 14.9 Å². The summed E-state index contributed by atoms with van der Waals surface area (Å²) >= 11 is 0. The highest BCUT2D eigenvalue weighted by atomic mass is 16.4. The summed E-state index contributed by atoms with van der Waals surface area (Å²) in [5, 5.41) is 8.99. The van der Waals surface area contributed by atoms with E-state index in [9.17, 15) is 4.79 Å². The van der Waals surface area contributed by atoms with Crippen LogP contribution in [0, 0.1) is 6.92 Å². The molecule has 0 amide bonds. The van der Waals surface area contributed by atoms with E-state index in [1.807, 2.05) is 17.9 Å². The predicted octanol–water partition coefficient (Wildman–Crippen LogP) is 0.376. The van der Waals surface area contributed by atoms with E-state index in [0.717, 1.165) is 44.2 Å². The number of piperazine rings is 1. The Kier molecular flexibility index (Phi) is 4.44. The van der Waals surface area contributed by atoms with Gasteiger partial charge in [-0.05, 0) is 19.9 Å². The van der Waals surface area contributed by atoms with Crippen molar-refractivity contribution < 1.29 is 9.90 Å². The molecule has 0 bridgehead atoms. The van der Waals surface area contributed by atoms with Gasteiger partial charge in [-0.3, -0.25) is 14.6 Å². The van der Waals surface area contributed by atoms with Crippen LogP contribution >= 0.6 is 0 Å². The van der Waals surface area contributed by atoms with Crippen LogP contribution in [0.3, 0.4) is 0 Å². The second kappa shape index (κ2) is 6.08. The van der Waals surface area contributed by atoms with Gasteiger partial charge in [-0.15, -0.1) is 0 Å². The van der Waals surface area contributed by atoms with Crippen LogP contribution in [0.2, 0.25) is 0 Å². The Morgan fingerprint density at radius 1 is 1.42 bits per heavy atom. The maximum absolute atomic E-state index is 10.9. The smallest absolute Gasteiger partial charge is 0.320 e. The first-order valence-electron chi connectivity index (χ1n) is 6.54. The molecule has 1 unspecified atom stereocenters. The minimum absolute atomic E-state index is 0.400. The van der Waals surface area contributed by atoms with Gasteiger partial charge in [0.05, 0.1) is 5.69 Å². The Morgan fingerprint density at radius 3 is 2.68 bits per heavy atom. The molecular weight excluding hydrogens is 244 g/mol. The van der Waals surface area contributed by atoms with Gasteiger partial charge in [0.2, 0.25) is 0 Å². The minimum atomic E-state index is -0.750. The summed E-state index contributed by atoms with van der Waals surface area (Å²) in [6, 6.07) is 1.53. The van der Waals surface area contributed by atoms with Gasteiger partial charge in [0.15, 0.2) is 0 Å². The van der Waals surface area contributed by atoms with Gasteiger partial charge in [-0.2, -0.15) is 0 Å². The number of aliphatic carboxylic acids is 1. The number of hydrogen-bond acceptors (Lipinski definition) is 5. The highest BCUT2D eigenvalue weighted by Gasteiger charge is 2.25. The van der Waals surface area contributed by atoms with Crippen molar-refractivity contribution in [1.82, 2.24) is 19.8 Å². The molecule has 1 fully saturated rings. The lowest BCUT2D eigenvalue weighted by Gasteiger charge is -2.36. The Bertz CT molecular complexity index is 444. The number of rotatable bonds is 4. The van der Waals surface area contributed by atoms with Crippen molar-refractivity contribution in [1.29, 1.82) is 0 Å². The quantitative estimate of drug-likeness (QED) is 0.847. The van der Waals surface area contributed by atoms with E-state index in [-0.39, 0.29) is 0 Å².